The third-order valence-corrected chi connectivity index (χ3v) is 14.6. The second-order valence-corrected chi connectivity index (χ2v) is 19.0. The maximum Gasteiger partial charge on any atom is 0.273 e. The molecule has 4 nitrogen and oxygen atoms in total. The van der Waals surface area contributed by atoms with E-state index in [0.717, 1.165) is 80.0 Å². The summed E-state index contributed by atoms with van der Waals surface area (Å²) in [5.41, 5.74) is 14.2. The van der Waals surface area contributed by atoms with Crippen LogP contribution in [0.25, 0.3) is 65.1 Å². The van der Waals surface area contributed by atoms with Crippen LogP contribution in [0.5, 0.6) is 23.0 Å². The lowest BCUT2D eigenvalue weighted by Gasteiger charge is -2.34. The van der Waals surface area contributed by atoms with Gasteiger partial charge in [-0.05, 0) is 94.5 Å². The van der Waals surface area contributed by atoms with Crippen LogP contribution in [0.15, 0.2) is 125 Å². The Morgan fingerprint density at radius 1 is 0.737 bits per heavy atom. The van der Waals surface area contributed by atoms with Crippen molar-refractivity contribution in [2.45, 2.75) is 58.3 Å². The molecule has 0 saturated carbocycles. The van der Waals surface area contributed by atoms with Crippen LogP contribution in [0.2, 0.25) is 0 Å². The molecule has 6 heteroatoms. The number of hydrogen-bond acceptors (Lipinski definition) is 4. The van der Waals surface area contributed by atoms with Gasteiger partial charge in [-0.2, -0.15) is 0 Å². The number of rotatable bonds is 1. The Bertz CT molecular complexity index is 3380. The highest BCUT2D eigenvalue weighted by atomic mass is 32.1. The van der Waals surface area contributed by atoms with Gasteiger partial charge in [0.2, 0.25) is 0 Å². The van der Waals surface area contributed by atoms with Crippen LogP contribution in [0, 0.1) is 0 Å². The zero-order chi connectivity index (χ0) is 38.1. The largest absolute Gasteiger partial charge is 0.457 e. The van der Waals surface area contributed by atoms with Crippen LogP contribution < -0.4 is 25.2 Å². The number of benzene rings is 6. The van der Waals surface area contributed by atoms with Gasteiger partial charge in [0.25, 0.3) is 6.71 Å². The van der Waals surface area contributed by atoms with Gasteiger partial charge in [-0.3, -0.25) is 0 Å². The van der Waals surface area contributed by atoms with Crippen molar-refractivity contribution in [1.29, 1.82) is 0 Å². The number of fused-ring (bicyclic) bond motifs is 15. The van der Waals surface area contributed by atoms with Gasteiger partial charge in [0, 0.05) is 52.8 Å². The van der Waals surface area contributed by atoms with Gasteiger partial charge in [0.15, 0.2) is 0 Å². The Hall–Kier alpha value is -5.98. The second kappa shape index (κ2) is 10.7. The molecule has 57 heavy (non-hydrogen) atoms. The molecule has 0 atom stereocenters. The number of thiophene rings is 1. The molecule has 13 rings (SSSR count). The Morgan fingerprint density at radius 2 is 1.53 bits per heavy atom. The first-order chi connectivity index (χ1) is 27.7. The lowest BCUT2D eigenvalue weighted by Crippen LogP contribution is -2.56. The normalized spacial score (nSPS) is 16.3. The fraction of sp³-hybridized carbons (Fsp3) is 0.176. The monoisotopic (exact) mass is 755 g/mol. The van der Waals surface area contributed by atoms with Crippen LogP contribution in [-0.2, 0) is 10.8 Å². The molecule has 9 aromatic rings. The van der Waals surface area contributed by atoms with Gasteiger partial charge in [0.1, 0.15) is 34.2 Å². The minimum atomic E-state index is -0.201. The van der Waals surface area contributed by atoms with Crippen molar-refractivity contribution in [2.24, 2.45) is 0 Å². The van der Waals surface area contributed by atoms with E-state index >= 15 is 0 Å². The minimum Gasteiger partial charge on any atom is -0.457 e. The molecule has 4 aliphatic rings. The van der Waals surface area contributed by atoms with E-state index < -0.39 is 0 Å². The van der Waals surface area contributed by atoms with Crippen molar-refractivity contribution in [3.8, 4) is 28.7 Å². The number of nitrogens with zero attached hydrogens (tertiary/aromatic N) is 1. The Morgan fingerprint density at radius 3 is 2.37 bits per heavy atom. The van der Waals surface area contributed by atoms with Crippen LogP contribution in [0.4, 0.5) is 0 Å². The van der Waals surface area contributed by atoms with Crippen LogP contribution >= 0.6 is 11.3 Å². The summed E-state index contributed by atoms with van der Waals surface area (Å²) in [6.45, 7) is 11.6. The number of hydrogen-bond donors (Lipinski definition) is 0. The maximum absolute atomic E-state index is 7.39. The highest BCUT2D eigenvalue weighted by molar-refractivity contribution is 7.33. The summed E-state index contributed by atoms with van der Waals surface area (Å²) >= 11 is 1.87. The fourth-order valence-electron chi connectivity index (χ4n) is 10.7. The molecule has 0 bridgehead atoms. The van der Waals surface area contributed by atoms with E-state index in [-0.39, 0.29) is 17.5 Å². The Labute approximate surface area is 334 Å². The molecule has 5 heterocycles. The minimum absolute atomic E-state index is 0.0201. The molecule has 0 N–H and O–H groups in total. The van der Waals surface area contributed by atoms with Gasteiger partial charge in [-0.15, -0.1) is 11.3 Å². The highest BCUT2D eigenvalue weighted by Gasteiger charge is 2.48. The molecular formula is C51H38BNO3S. The summed E-state index contributed by atoms with van der Waals surface area (Å²) in [7, 11) is 0. The zero-order valence-electron chi connectivity index (χ0n) is 32.5. The highest BCUT2D eigenvalue weighted by Crippen LogP contribution is 2.56. The van der Waals surface area contributed by atoms with Crippen molar-refractivity contribution in [2.75, 3.05) is 0 Å². The van der Waals surface area contributed by atoms with Crippen molar-refractivity contribution in [3.05, 3.63) is 138 Å². The summed E-state index contributed by atoms with van der Waals surface area (Å²) in [5, 5.41) is 5.90. The number of allylic oxidation sites excluding steroid dienone is 4. The Kier molecular flexibility index (Phi) is 6.03. The van der Waals surface area contributed by atoms with Crippen molar-refractivity contribution in [3.63, 3.8) is 0 Å². The van der Waals surface area contributed by atoms with Crippen LogP contribution in [-0.4, -0.2) is 11.3 Å². The summed E-state index contributed by atoms with van der Waals surface area (Å²) in [6.07, 6.45) is 6.78. The predicted octanol–water partition coefficient (Wildman–Crippen LogP) is 12.3. The van der Waals surface area contributed by atoms with E-state index in [2.05, 4.69) is 154 Å². The number of ether oxygens (including phenoxy) is 2. The average molecular weight is 756 g/mol. The molecule has 6 aromatic carbocycles. The first-order valence-corrected chi connectivity index (χ1v) is 21.0. The molecule has 0 unspecified atom stereocenters. The second-order valence-electron chi connectivity index (χ2n) is 17.9. The molecule has 0 amide bonds. The van der Waals surface area contributed by atoms with Crippen molar-refractivity contribution < 1.29 is 13.9 Å². The summed E-state index contributed by atoms with van der Waals surface area (Å²) in [4.78, 5) is 0. The predicted molar refractivity (Wildman–Crippen MR) is 238 cm³/mol. The zero-order valence-corrected chi connectivity index (χ0v) is 33.4. The van der Waals surface area contributed by atoms with E-state index in [1.807, 2.05) is 11.3 Å². The summed E-state index contributed by atoms with van der Waals surface area (Å²) < 4.78 is 25.9. The number of para-hydroxylation sites is 2. The fourth-order valence-corrected chi connectivity index (χ4v) is 11.9. The topological polar surface area (TPSA) is 36.5 Å². The first-order valence-electron chi connectivity index (χ1n) is 20.2. The SMILES string of the molecule is CC(C)(C)c1ccc2sc3c(c2c1)Oc1cccc2c1B3c1cc3c(c(-n4c5ccccc5c5c6c(ccc54)oc4ccccc46)c1O2)C1=C(C=CCC1)C3(C)C. The third-order valence-electron chi connectivity index (χ3n) is 13.3. The summed E-state index contributed by atoms with van der Waals surface area (Å²) in [5.74, 6) is 3.66. The van der Waals surface area contributed by atoms with Gasteiger partial charge in [0.05, 0.1) is 16.7 Å². The standard InChI is InChI=1S/C51H38BNO3S/c1-50(2,3)27-21-24-41-31(25-27)47-49(57-41)52-34-26-33-42(28-13-6-9-16-32(28)51(33,4)5)46(48(34)56-40-20-12-19-39(55-47)45(40)52)53-35-17-10-7-14-29(35)43-36(53)22-23-38-44(43)30-15-8-11-18-37(30)54-38/h7-12,14-26H,6,13H2,1-5H3. The van der Waals surface area contributed by atoms with E-state index in [9.17, 15) is 0 Å². The number of furan rings is 1. The van der Waals surface area contributed by atoms with Gasteiger partial charge < -0.3 is 18.5 Å². The van der Waals surface area contributed by atoms with Gasteiger partial charge >= 0.3 is 0 Å². The van der Waals surface area contributed by atoms with Crippen molar-refractivity contribution >= 4 is 93.2 Å². The smallest absolute Gasteiger partial charge is 0.273 e. The molecule has 274 valence electrons. The van der Waals surface area contributed by atoms with E-state index in [4.69, 9.17) is 13.9 Å². The molecule has 3 aromatic heterocycles. The Balaban J connectivity index is 1.19. The van der Waals surface area contributed by atoms with E-state index in [0.29, 0.717) is 0 Å². The average Bonchev–Trinajstić information content (AvgIpc) is 3.93. The molecule has 0 spiro atoms. The van der Waals surface area contributed by atoms with Crippen molar-refractivity contribution in [1.82, 2.24) is 4.57 Å². The number of aromatic nitrogens is 1. The molecule has 2 aliphatic heterocycles. The van der Waals surface area contributed by atoms with E-state index in [1.54, 1.807) is 0 Å². The van der Waals surface area contributed by atoms with Gasteiger partial charge in [-0.1, -0.05) is 101 Å². The van der Waals surface area contributed by atoms with E-state index in [1.165, 1.54) is 58.9 Å². The molecule has 0 radical (unpaired) electrons. The maximum atomic E-state index is 7.39. The molecule has 0 fully saturated rings. The van der Waals surface area contributed by atoms with Gasteiger partial charge in [-0.25, -0.2) is 0 Å². The molecular weight excluding hydrogens is 717 g/mol. The first kappa shape index (κ1) is 32.1. The quantitative estimate of drug-likeness (QED) is 0.157. The summed E-state index contributed by atoms with van der Waals surface area (Å²) in [6, 6.07) is 37.6. The molecule has 2 aliphatic carbocycles. The third kappa shape index (κ3) is 4.04. The lowest BCUT2D eigenvalue weighted by molar-refractivity contribution is 0.466. The lowest BCUT2D eigenvalue weighted by atomic mass is 9.37. The molecule has 0 saturated heterocycles. The van der Waals surface area contributed by atoms with Crippen LogP contribution in [0.1, 0.15) is 64.2 Å². The van der Waals surface area contributed by atoms with Crippen LogP contribution in [0.3, 0.4) is 0 Å².